The Labute approximate surface area is 171 Å². The molecule has 29 heavy (non-hydrogen) atoms. The van der Waals surface area contributed by atoms with E-state index in [0.29, 0.717) is 17.4 Å². The summed E-state index contributed by atoms with van der Waals surface area (Å²) in [6, 6.07) is 8.30. The van der Waals surface area contributed by atoms with Gasteiger partial charge in [-0.25, -0.2) is 4.98 Å². The molecule has 0 unspecified atom stereocenters. The van der Waals surface area contributed by atoms with Crippen LogP contribution in [-0.4, -0.2) is 27.7 Å². The summed E-state index contributed by atoms with van der Waals surface area (Å²) in [6.45, 7) is 6.40. The number of anilines is 1. The number of hydrogen-bond acceptors (Lipinski definition) is 5. The van der Waals surface area contributed by atoms with Gasteiger partial charge in [-0.2, -0.15) is 14.9 Å². The second kappa shape index (κ2) is 7.75. The van der Waals surface area contributed by atoms with E-state index in [2.05, 4.69) is 25.2 Å². The average Bonchev–Trinajstić information content (AvgIpc) is 3.34. The number of aryl methyl sites for hydroxylation is 2. The minimum Gasteiger partial charge on any atom is -0.497 e. The van der Waals surface area contributed by atoms with Crippen LogP contribution < -0.4 is 10.1 Å². The molecule has 0 spiro atoms. The molecule has 0 aliphatic heterocycles. The molecule has 1 aliphatic carbocycles. The zero-order chi connectivity index (χ0) is 20.5. The lowest BCUT2D eigenvalue weighted by Crippen LogP contribution is -2.21. The predicted molar refractivity (Wildman–Crippen MR) is 114 cm³/mol. The van der Waals surface area contributed by atoms with Crippen LogP contribution in [0.2, 0.25) is 0 Å². The van der Waals surface area contributed by atoms with Crippen molar-refractivity contribution in [2.75, 3.05) is 12.4 Å². The van der Waals surface area contributed by atoms with Gasteiger partial charge in [-0.3, -0.25) is 0 Å². The summed E-state index contributed by atoms with van der Waals surface area (Å²) in [5, 5.41) is 18.3. The smallest absolute Gasteiger partial charge is 0.165 e. The Morgan fingerprint density at radius 1 is 1.28 bits per heavy atom. The fraction of sp³-hybridized carbons (Fsp3) is 0.435. The van der Waals surface area contributed by atoms with Gasteiger partial charge in [0.15, 0.2) is 5.65 Å². The second-order valence-corrected chi connectivity index (χ2v) is 7.62. The second-order valence-electron chi connectivity index (χ2n) is 7.62. The fourth-order valence-electron chi connectivity index (χ4n) is 4.25. The first-order valence-electron chi connectivity index (χ1n) is 10.4. The highest BCUT2D eigenvalue weighted by Crippen LogP contribution is 2.36. The maximum absolute atomic E-state index is 9.73. The van der Waals surface area contributed by atoms with Crippen molar-refractivity contribution in [1.82, 2.24) is 14.6 Å². The van der Waals surface area contributed by atoms with E-state index in [4.69, 9.17) is 14.8 Å². The van der Waals surface area contributed by atoms with Gasteiger partial charge in [0.25, 0.3) is 0 Å². The van der Waals surface area contributed by atoms with Gasteiger partial charge in [-0.1, -0.05) is 13.8 Å². The molecule has 1 aliphatic rings. The first-order chi connectivity index (χ1) is 14.1. The van der Waals surface area contributed by atoms with Crippen molar-refractivity contribution in [3.63, 3.8) is 0 Å². The molecule has 0 fully saturated rings. The highest BCUT2D eigenvalue weighted by molar-refractivity contribution is 5.85. The van der Waals surface area contributed by atoms with E-state index < -0.39 is 0 Å². The molecule has 2 aromatic heterocycles. The molecule has 1 N–H and O–H groups in total. The zero-order valence-electron chi connectivity index (χ0n) is 17.5. The summed E-state index contributed by atoms with van der Waals surface area (Å²) in [5.41, 5.74) is 6.46. The lowest BCUT2D eigenvalue weighted by atomic mass is 10.00. The normalized spacial score (nSPS) is 13.0. The van der Waals surface area contributed by atoms with Gasteiger partial charge >= 0.3 is 0 Å². The number of nitriles is 1. The number of fused-ring (bicyclic) bond motifs is 2. The summed E-state index contributed by atoms with van der Waals surface area (Å²) >= 11 is 0. The van der Waals surface area contributed by atoms with Crippen LogP contribution in [-0.2, 0) is 12.8 Å². The van der Waals surface area contributed by atoms with Crippen LogP contribution in [0.15, 0.2) is 18.2 Å². The Morgan fingerprint density at radius 2 is 2.07 bits per heavy atom. The summed E-state index contributed by atoms with van der Waals surface area (Å²) in [4.78, 5) is 5.01. The van der Waals surface area contributed by atoms with Crippen LogP contribution in [0.3, 0.4) is 0 Å². The molecule has 2 heterocycles. The van der Waals surface area contributed by atoms with Crippen LogP contribution in [0, 0.1) is 18.3 Å². The number of ether oxygens (including phenoxy) is 1. The molecule has 0 amide bonds. The maximum Gasteiger partial charge on any atom is 0.165 e. The largest absolute Gasteiger partial charge is 0.497 e. The summed E-state index contributed by atoms with van der Waals surface area (Å²) in [5.74, 6) is 1.74. The van der Waals surface area contributed by atoms with Gasteiger partial charge in [-0.05, 0) is 57.2 Å². The molecule has 0 radical (unpaired) electrons. The molecule has 6 heteroatoms. The molecular formula is C23H27N5O. The quantitative estimate of drug-likeness (QED) is 0.663. The summed E-state index contributed by atoms with van der Waals surface area (Å²) in [6.07, 6.45) is 5.24. The lowest BCUT2D eigenvalue weighted by molar-refractivity contribution is 0.414. The molecule has 3 aromatic rings. The number of rotatable bonds is 6. The molecule has 150 valence electrons. The Hall–Kier alpha value is -3.07. The first kappa shape index (κ1) is 19.3. The van der Waals surface area contributed by atoms with Crippen molar-refractivity contribution in [1.29, 1.82) is 5.26 Å². The SMILES string of the molecule is CCC(CC)Nc1c2c(nc3c(-c4ccc(OC)cc4C#N)c(C)nn13)CCC2. The Morgan fingerprint density at radius 3 is 2.76 bits per heavy atom. The number of aromatic nitrogens is 3. The van der Waals surface area contributed by atoms with Crippen molar-refractivity contribution in [2.24, 2.45) is 0 Å². The van der Waals surface area contributed by atoms with Crippen molar-refractivity contribution in [2.45, 2.75) is 58.9 Å². The number of methoxy groups -OCH3 is 1. The first-order valence-corrected chi connectivity index (χ1v) is 10.4. The standard InChI is InChI=1S/C23H27N5O/c1-5-16(6-2)25-22-19-8-7-9-20(19)26-23-21(14(3)27-28(22)23)18-11-10-17(29-4)12-15(18)13-24/h10-12,16,25H,5-9H2,1-4H3. The van der Waals surface area contributed by atoms with Crippen LogP contribution in [0.5, 0.6) is 5.75 Å². The van der Waals surface area contributed by atoms with Gasteiger partial charge in [0, 0.05) is 22.9 Å². The van der Waals surface area contributed by atoms with Crippen molar-refractivity contribution >= 4 is 11.5 Å². The van der Waals surface area contributed by atoms with Crippen molar-refractivity contribution in [3.05, 3.63) is 40.7 Å². The summed E-state index contributed by atoms with van der Waals surface area (Å²) in [7, 11) is 1.61. The summed E-state index contributed by atoms with van der Waals surface area (Å²) < 4.78 is 7.25. The van der Waals surface area contributed by atoms with Gasteiger partial charge in [0.05, 0.1) is 30.0 Å². The van der Waals surface area contributed by atoms with E-state index in [-0.39, 0.29) is 0 Å². The van der Waals surface area contributed by atoms with Crippen LogP contribution in [0.25, 0.3) is 16.8 Å². The average molecular weight is 390 g/mol. The van der Waals surface area contributed by atoms with E-state index in [0.717, 1.165) is 66.1 Å². The van der Waals surface area contributed by atoms with Crippen LogP contribution >= 0.6 is 0 Å². The molecule has 0 atom stereocenters. The third-order valence-corrected chi connectivity index (χ3v) is 5.91. The van der Waals surface area contributed by atoms with Crippen LogP contribution in [0.1, 0.15) is 55.6 Å². The van der Waals surface area contributed by atoms with Crippen LogP contribution in [0.4, 0.5) is 5.82 Å². The number of nitrogens with zero attached hydrogens (tertiary/aromatic N) is 4. The van der Waals surface area contributed by atoms with Gasteiger partial charge < -0.3 is 10.1 Å². The maximum atomic E-state index is 9.73. The Balaban J connectivity index is 1.97. The van der Waals surface area contributed by atoms with Gasteiger partial charge in [0.2, 0.25) is 0 Å². The van der Waals surface area contributed by atoms with E-state index in [1.807, 2.05) is 23.6 Å². The fourth-order valence-corrected chi connectivity index (χ4v) is 4.25. The Bertz CT molecular complexity index is 1100. The number of benzene rings is 1. The van der Waals surface area contributed by atoms with E-state index in [9.17, 15) is 5.26 Å². The van der Waals surface area contributed by atoms with E-state index in [1.54, 1.807) is 13.2 Å². The van der Waals surface area contributed by atoms with Gasteiger partial charge in [0.1, 0.15) is 11.6 Å². The number of nitrogens with one attached hydrogen (secondary N) is 1. The monoisotopic (exact) mass is 389 g/mol. The number of hydrogen-bond donors (Lipinski definition) is 1. The zero-order valence-corrected chi connectivity index (χ0v) is 17.5. The van der Waals surface area contributed by atoms with E-state index in [1.165, 1.54) is 5.56 Å². The van der Waals surface area contributed by atoms with Crippen molar-refractivity contribution < 1.29 is 4.74 Å². The third kappa shape index (κ3) is 3.21. The topological polar surface area (TPSA) is 75.2 Å². The molecule has 0 bridgehead atoms. The molecule has 0 saturated carbocycles. The molecule has 1 aromatic carbocycles. The minimum atomic E-state index is 0.397. The highest BCUT2D eigenvalue weighted by Gasteiger charge is 2.25. The third-order valence-electron chi connectivity index (χ3n) is 5.91. The lowest BCUT2D eigenvalue weighted by Gasteiger charge is -2.19. The van der Waals surface area contributed by atoms with E-state index >= 15 is 0 Å². The highest BCUT2D eigenvalue weighted by atomic mass is 16.5. The van der Waals surface area contributed by atoms with Gasteiger partial charge in [-0.15, -0.1) is 0 Å². The minimum absolute atomic E-state index is 0.397. The predicted octanol–water partition coefficient (Wildman–Crippen LogP) is 4.67. The molecule has 6 nitrogen and oxygen atoms in total. The molecular weight excluding hydrogens is 362 g/mol. The molecule has 0 saturated heterocycles. The molecule has 4 rings (SSSR count). The van der Waals surface area contributed by atoms with Crippen molar-refractivity contribution in [3.8, 4) is 22.9 Å². The Kier molecular flexibility index (Phi) is 5.14.